The summed E-state index contributed by atoms with van der Waals surface area (Å²) >= 11 is 0. The van der Waals surface area contributed by atoms with Gasteiger partial charge in [-0.05, 0) is 30.5 Å². The predicted octanol–water partition coefficient (Wildman–Crippen LogP) is -0.212. The zero-order valence-electron chi connectivity index (χ0n) is 16.8. The molecule has 9 nitrogen and oxygen atoms in total. The number of carbonyl (C=O) groups is 2. The Kier molecular flexibility index (Phi) is 7.06. The Morgan fingerprint density at radius 3 is 2.77 bits per heavy atom. The fourth-order valence-corrected chi connectivity index (χ4v) is 5.30. The summed E-state index contributed by atoms with van der Waals surface area (Å²) in [5, 5.41) is 0. The van der Waals surface area contributed by atoms with E-state index in [1.807, 2.05) is 0 Å². The lowest BCUT2D eigenvalue weighted by atomic mass is 10.1. The minimum absolute atomic E-state index is 0.0159. The number of likely N-dealkylation sites (tertiary alicyclic amines) is 1. The molecule has 2 heterocycles. The van der Waals surface area contributed by atoms with Crippen LogP contribution in [0.25, 0.3) is 0 Å². The summed E-state index contributed by atoms with van der Waals surface area (Å²) in [7, 11) is -4.12. The van der Waals surface area contributed by atoms with Crippen LogP contribution in [-0.2, 0) is 30.8 Å². The highest BCUT2D eigenvalue weighted by molar-refractivity contribution is 7.89. The molecule has 0 radical (unpaired) electrons. The summed E-state index contributed by atoms with van der Waals surface area (Å²) in [6, 6.07) is 3.48. The Labute approximate surface area is 175 Å². The van der Waals surface area contributed by atoms with Crippen LogP contribution in [0, 0.1) is 0 Å². The van der Waals surface area contributed by atoms with Crippen molar-refractivity contribution in [3.8, 4) is 0 Å². The molecule has 0 spiro atoms. The topological polar surface area (TPSA) is 122 Å². The normalized spacial score (nSPS) is 21.2. The molecular formula is C19H27FN4O5S. The molecule has 2 atom stereocenters. The molecule has 1 aromatic rings. The van der Waals surface area contributed by atoms with E-state index in [4.69, 9.17) is 10.5 Å². The van der Waals surface area contributed by atoms with Crippen molar-refractivity contribution >= 4 is 27.5 Å². The number of ether oxygens (including phenoxy) is 1. The monoisotopic (exact) mass is 442 g/mol. The molecule has 30 heavy (non-hydrogen) atoms. The van der Waals surface area contributed by atoms with Crippen molar-refractivity contribution in [3.05, 3.63) is 23.8 Å². The Hall–Kier alpha value is -2.08. The Morgan fingerprint density at radius 1 is 1.40 bits per heavy atom. The number of nitrogens with zero attached hydrogens (tertiary/aromatic N) is 2. The second kappa shape index (κ2) is 9.38. The van der Waals surface area contributed by atoms with Crippen LogP contribution < -0.4 is 15.4 Å². The minimum atomic E-state index is -4.12. The van der Waals surface area contributed by atoms with E-state index in [1.54, 1.807) is 19.1 Å². The highest BCUT2D eigenvalue weighted by atomic mass is 32.2. The van der Waals surface area contributed by atoms with Crippen LogP contribution in [0.1, 0.15) is 18.9 Å². The average molecular weight is 443 g/mol. The zero-order chi connectivity index (χ0) is 21.9. The summed E-state index contributed by atoms with van der Waals surface area (Å²) in [6.07, 6.45) is -0.530. The van der Waals surface area contributed by atoms with E-state index in [2.05, 4.69) is 4.72 Å². The van der Waals surface area contributed by atoms with Gasteiger partial charge in [-0.2, -0.15) is 4.72 Å². The average Bonchev–Trinajstić information content (AvgIpc) is 3.17. The fourth-order valence-electron chi connectivity index (χ4n) is 3.78. The van der Waals surface area contributed by atoms with Gasteiger partial charge in [0.05, 0.1) is 18.0 Å². The molecule has 11 heteroatoms. The molecule has 0 unspecified atom stereocenters. The maximum atomic E-state index is 13.5. The largest absolute Gasteiger partial charge is 0.370 e. The van der Waals surface area contributed by atoms with E-state index >= 15 is 0 Å². The molecule has 0 aromatic heterocycles. The number of alkyl halides is 1. The van der Waals surface area contributed by atoms with Crippen molar-refractivity contribution in [2.75, 3.05) is 44.3 Å². The first kappa shape index (κ1) is 22.6. The quantitative estimate of drug-likeness (QED) is 0.603. The molecule has 2 aliphatic rings. The smallest absolute Gasteiger partial charge is 0.253 e. The van der Waals surface area contributed by atoms with Gasteiger partial charge in [0.15, 0.2) is 0 Å². The second-order valence-electron chi connectivity index (χ2n) is 7.29. The first-order chi connectivity index (χ1) is 14.3. The van der Waals surface area contributed by atoms with Gasteiger partial charge in [-0.25, -0.2) is 12.8 Å². The lowest BCUT2D eigenvalue weighted by Gasteiger charge is -2.29. The standard InChI is InChI=1S/C19H27FN4O5S/c1-2-14-16(24-8-9-29-12-18(24)25)4-3-5-17(14)30(27,28)22-15(10-21)19(26)23-7-6-13(20)11-23/h3-5,13,15,22H,2,6-12,21H2,1H3/t13-,15-/m0/s1. The minimum Gasteiger partial charge on any atom is -0.370 e. The lowest BCUT2D eigenvalue weighted by Crippen LogP contribution is -2.51. The van der Waals surface area contributed by atoms with Gasteiger partial charge < -0.3 is 20.3 Å². The summed E-state index contributed by atoms with van der Waals surface area (Å²) in [4.78, 5) is 27.7. The fraction of sp³-hybridized carbons (Fsp3) is 0.579. The molecule has 2 amide bonds. The molecular weight excluding hydrogens is 415 g/mol. The van der Waals surface area contributed by atoms with Gasteiger partial charge in [-0.3, -0.25) is 9.59 Å². The van der Waals surface area contributed by atoms with Gasteiger partial charge in [-0.1, -0.05) is 13.0 Å². The third-order valence-electron chi connectivity index (χ3n) is 5.30. The van der Waals surface area contributed by atoms with Gasteiger partial charge in [0.2, 0.25) is 15.9 Å². The number of morpholine rings is 1. The predicted molar refractivity (Wildman–Crippen MR) is 108 cm³/mol. The van der Waals surface area contributed by atoms with Crippen LogP contribution in [-0.4, -0.2) is 76.7 Å². The van der Waals surface area contributed by atoms with E-state index in [9.17, 15) is 22.4 Å². The molecule has 2 saturated heterocycles. The molecule has 166 valence electrons. The summed E-state index contributed by atoms with van der Waals surface area (Å²) < 4.78 is 47.3. The highest BCUT2D eigenvalue weighted by Gasteiger charge is 2.34. The summed E-state index contributed by atoms with van der Waals surface area (Å²) in [6.45, 7) is 2.33. The molecule has 0 aliphatic carbocycles. The molecule has 2 aliphatic heterocycles. The molecule has 0 saturated carbocycles. The van der Waals surface area contributed by atoms with Crippen molar-refractivity contribution < 1.29 is 27.1 Å². The van der Waals surface area contributed by atoms with Gasteiger partial charge in [0.1, 0.15) is 18.8 Å². The Balaban J connectivity index is 1.88. The number of benzene rings is 1. The number of hydrogen-bond donors (Lipinski definition) is 2. The second-order valence-corrected chi connectivity index (χ2v) is 8.97. The van der Waals surface area contributed by atoms with Gasteiger partial charge in [0.25, 0.3) is 5.91 Å². The van der Waals surface area contributed by atoms with Crippen molar-refractivity contribution in [3.63, 3.8) is 0 Å². The summed E-state index contributed by atoms with van der Waals surface area (Å²) in [5.41, 5.74) is 6.63. The molecule has 3 N–H and O–H groups in total. The number of nitrogens with one attached hydrogen (secondary N) is 1. The van der Waals surface area contributed by atoms with Gasteiger partial charge in [0, 0.05) is 25.3 Å². The molecule has 2 fully saturated rings. The third kappa shape index (κ3) is 4.64. The van der Waals surface area contributed by atoms with Crippen molar-refractivity contribution in [1.29, 1.82) is 0 Å². The number of carbonyl (C=O) groups excluding carboxylic acids is 2. The third-order valence-corrected chi connectivity index (χ3v) is 6.86. The van der Waals surface area contributed by atoms with E-state index in [0.29, 0.717) is 30.8 Å². The first-order valence-corrected chi connectivity index (χ1v) is 11.4. The SMILES string of the molecule is CCc1c(N2CCOCC2=O)cccc1S(=O)(=O)N[C@@H](CN)C(=O)N1CC[C@H](F)C1. The highest BCUT2D eigenvalue weighted by Crippen LogP contribution is 2.29. The van der Waals surface area contributed by atoms with E-state index < -0.39 is 28.1 Å². The summed E-state index contributed by atoms with van der Waals surface area (Å²) in [5.74, 6) is -0.790. The van der Waals surface area contributed by atoms with Crippen LogP contribution in [0.4, 0.5) is 10.1 Å². The van der Waals surface area contributed by atoms with Crippen LogP contribution >= 0.6 is 0 Å². The van der Waals surface area contributed by atoms with E-state index in [0.717, 1.165) is 0 Å². The van der Waals surface area contributed by atoms with Crippen LogP contribution in [0.15, 0.2) is 23.1 Å². The maximum absolute atomic E-state index is 13.5. The Bertz CT molecular complexity index is 910. The van der Waals surface area contributed by atoms with Crippen molar-refractivity contribution in [2.45, 2.75) is 36.9 Å². The number of amides is 2. The van der Waals surface area contributed by atoms with Crippen LogP contribution in [0.2, 0.25) is 0 Å². The zero-order valence-corrected chi connectivity index (χ0v) is 17.7. The van der Waals surface area contributed by atoms with E-state index in [-0.39, 0.29) is 43.5 Å². The number of nitrogens with two attached hydrogens (primary N) is 1. The van der Waals surface area contributed by atoms with E-state index in [1.165, 1.54) is 15.9 Å². The molecule has 1 aromatic carbocycles. The first-order valence-electron chi connectivity index (χ1n) is 9.93. The number of hydrogen-bond acceptors (Lipinski definition) is 6. The lowest BCUT2D eigenvalue weighted by molar-refractivity contribution is -0.131. The number of halogens is 1. The van der Waals surface area contributed by atoms with Gasteiger partial charge in [-0.15, -0.1) is 0 Å². The number of rotatable bonds is 7. The molecule has 0 bridgehead atoms. The van der Waals surface area contributed by atoms with Crippen molar-refractivity contribution in [2.24, 2.45) is 5.73 Å². The van der Waals surface area contributed by atoms with Crippen LogP contribution in [0.3, 0.4) is 0 Å². The number of sulfonamides is 1. The van der Waals surface area contributed by atoms with Gasteiger partial charge >= 0.3 is 0 Å². The number of anilines is 1. The molecule has 3 rings (SSSR count). The van der Waals surface area contributed by atoms with Crippen molar-refractivity contribution in [1.82, 2.24) is 9.62 Å². The Morgan fingerprint density at radius 2 is 2.17 bits per heavy atom. The van der Waals surface area contributed by atoms with Crippen LogP contribution in [0.5, 0.6) is 0 Å². The maximum Gasteiger partial charge on any atom is 0.253 e.